The number of carboxylic acids is 2. The van der Waals surface area contributed by atoms with Gasteiger partial charge >= 0.3 is 35.2 Å². The molecule has 1 aromatic heterocycles. The molecule has 4 rings (SSSR count). The zero-order valence-electron chi connectivity index (χ0n) is 22.2. The van der Waals surface area contributed by atoms with Crippen LogP contribution in [-0.4, -0.2) is 102 Å². The molecule has 5 atom stereocenters. The SMILES string of the molecule is O=C(O)CC(=O)OCC1O[C@@H](Oc2cc3c(O)cc(O)cc3[o+]c2-c2ccc(O)c(O)c2)C(O)C(OC(=O)CC(=O)O)[C@@H]1O. The van der Waals surface area contributed by atoms with Gasteiger partial charge in [-0.05, 0) is 12.1 Å². The first-order chi connectivity index (χ1) is 20.7. The number of carbonyl (C=O) groups is 4. The molecule has 1 fully saturated rings. The number of aromatic hydroxyl groups is 4. The number of carboxylic acid groups (broad SMARTS) is 2. The number of phenolic OH excluding ortho intramolecular Hbond substituents is 4. The number of carbonyl (C=O) groups excluding carboxylic acids is 2. The Morgan fingerprint density at radius 3 is 2.16 bits per heavy atom. The maximum atomic E-state index is 12.1. The van der Waals surface area contributed by atoms with Crippen molar-refractivity contribution < 1.29 is 83.4 Å². The van der Waals surface area contributed by atoms with Crippen LogP contribution in [0.25, 0.3) is 22.3 Å². The highest BCUT2D eigenvalue weighted by atomic mass is 16.7. The summed E-state index contributed by atoms with van der Waals surface area (Å²) in [6.45, 7) is -0.826. The lowest BCUT2D eigenvalue weighted by Crippen LogP contribution is -2.61. The van der Waals surface area contributed by atoms with Crippen molar-refractivity contribution in [2.75, 3.05) is 6.61 Å². The normalized spacial score (nSPS) is 21.4. The lowest BCUT2D eigenvalue weighted by atomic mass is 9.98. The van der Waals surface area contributed by atoms with E-state index in [0.717, 1.165) is 24.3 Å². The smallest absolute Gasteiger partial charge is 0.402 e. The summed E-state index contributed by atoms with van der Waals surface area (Å²) in [5.41, 5.74) is -0.0180. The topological polar surface area (TPSA) is 278 Å². The Morgan fingerprint density at radius 1 is 0.818 bits per heavy atom. The number of fused-ring (bicyclic) bond motifs is 1. The van der Waals surface area contributed by atoms with Gasteiger partial charge < -0.3 is 59.8 Å². The minimum Gasteiger partial charge on any atom is -0.507 e. The van der Waals surface area contributed by atoms with Crippen molar-refractivity contribution in [3.8, 4) is 40.1 Å². The molecule has 234 valence electrons. The fraction of sp³-hybridized carbons (Fsp3) is 0.296. The molecule has 0 radical (unpaired) electrons. The number of hydrogen-bond acceptors (Lipinski definition) is 14. The average Bonchev–Trinajstić information content (AvgIpc) is 2.92. The Labute approximate surface area is 245 Å². The van der Waals surface area contributed by atoms with Crippen molar-refractivity contribution in [2.24, 2.45) is 0 Å². The summed E-state index contributed by atoms with van der Waals surface area (Å²) in [5.74, 6) is -8.13. The average molecular weight is 621 g/mol. The monoisotopic (exact) mass is 621 g/mol. The van der Waals surface area contributed by atoms with Crippen LogP contribution in [0.15, 0.2) is 40.8 Å². The van der Waals surface area contributed by atoms with Gasteiger partial charge in [0.15, 0.2) is 23.7 Å². The zero-order valence-corrected chi connectivity index (χ0v) is 22.2. The second-order valence-electron chi connectivity index (χ2n) is 9.44. The van der Waals surface area contributed by atoms with Crippen LogP contribution in [-0.2, 0) is 33.4 Å². The number of benzene rings is 2. The zero-order chi connectivity index (χ0) is 32.3. The van der Waals surface area contributed by atoms with Gasteiger partial charge in [0.25, 0.3) is 0 Å². The summed E-state index contributed by atoms with van der Waals surface area (Å²) >= 11 is 0. The fourth-order valence-electron chi connectivity index (χ4n) is 4.21. The van der Waals surface area contributed by atoms with E-state index in [0.29, 0.717) is 0 Å². The van der Waals surface area contributed by atoms with Gasteiger partial charge in [-0.25, -0.2) is 4.42 Å². The Bertz CT molecular complexity index is 1600. The van der Waals surface area contributed by atoms with Crippen LogP contribution in [0.5, 0.6) is 28.7 Å². The maximum Gasteiger partial charge on any atom is 0.402 e. The van der Waals surface area contributed by atoms with Crippen LogP contribution in [0, 0.1) is 0 Å². The third kappa shape index (κ3) is 7.14. The largest absolute Gasteiger partial charge is 0.507 e. The van der Waals surface area contributed by atoms with Gasteiger partial charge in [0.05, 0.1) is 11.6 Å². The molecule has 0 aliphatic carbocycles. The van der Waals surface area contributed by atoms with Crippen LogP contribution < -0.4 is 4.74 Å². The quantitative estimate of drug-likeness (QED) is 0.0659. The van der Waals surface area contributed by atoms with Crippen molar-refractivity contribution in [1.29, 1.82) is 0 Å². The minimum atomic E-state index is -2.04. The molecule has 2 aromatic carbocycles. The lowest BCUT2D eigenvalue weighted by Gasteiger charge is -2.41. The molecule has 17 nitrogen and oxygen atoms in total. The predicted octanol–water partition coefficient (Wildman–Crippen LogP) is 0.433. The maximum absolute atomic E-state index is 12.1. The van der Waals surface area contributed by atoms with E-state index in [1.807, 2.05) is 0 Å². The third-order valence-corrected chi connectivity index (χ3v) is 6.21. The summed E-state index contributed by atoms with van der Waals surface area (Å²) in [6, 6.07) is 6.77. The van der Waals surface area contributed by atoms with Crippen molar-refractivity contribution in [3.63, 3.8) is 0 Å². The van der Waals surface area contributed by atoms with E-state index in [4.69, 9.17) is 33.6 Å². The van der Waals surface area contributed by atoms with Crippen molar-refractivity contribution in [3.05, 3.63) is 36.4 Å². The molecule has 3 aromatic rings. The van der Waals surface area contributed by atoms with E-state index in [1.165, 1.54) is 12.1 Å². The first-order valence-electron chi connectivity index (χ1n) is 12.6. The van der Waals surface area contributed by atoms with Crippen molar-refractivity contribution in [1.82, 2.24) is 0 Å². The standard InChI is InChI=1S/C27H24O17/c28-11-4-14(30)12-6-17(25(41-16(12)5-11)10-1-2-13(29)15(31)3-10)42-27-24(39)26(44-22(37)8-20(34)35)23(38)18(43-27)9-40-21(36)7-19(32)33/h1-6,18,23-24,26-27,38-39H,7-9H2,(H5-,28,29,30,31,32,33,34,35)/p+1/t18?,23-,24?,26?,27-/m1/s1. The molecule has 0 amide bonds. The molecular weight excluding hydrogens is 596 g/mol. The van der Waals surface area contributed by atoms with Gasteiger partial charge in [-0.3, -0.25) is 19.2 Å². The number of aliphatic hydroxyl groups is 2. The summed E-state index contributed by atoms with van der Waals surface area (Å²) < 4.78 is 27.0. The van der Waals surface area contributed by atoms with Gasteiger partial charge in [0.1, 0.15) is 48.5 Å². The molecule has 17 heteroatoms. The molecule has 1 aliphatic heterocycles. The van der Waals surface area contributed by atoms with Gasteiger partial charge in [0, 0.05) is 18.2 Å². The summed E-state index contributed by atoms with van der Waals surface area (Å²) in [6.07, 6.45) is -11.6. The number of hydrogen-bond donors (Lipinski definition) is 8. The molecule has 8 N–H and O–H groups in total. The van der Waals surface area contributed by atoms with Gasteiger partial charge in [-0.1, -0.05) is 0 Å². The van der Waals surface area contributed by atoms with Gasteiger partial charge in [-0.2, -0.15) is 0 Å². The van der Waals surface area contributed by atoms with E-state index in [9.17, 15) is 49.8 Å². The van der Waals surface area contributed by atoms with E-state index >= 15 is 0 Å². The lowest BCUT2D eigenvalue weighted by molar-refractivity contribution is -0.282. The van der Waals surface area contributed by atoms with Crippen LogP contribution in [0.2, 0.25) is 0 Å². The van der Waals surface area contributed by atoms with Crippen LogP contribution in [0.3, 0.4) is 0 Å². The number of aliphatic hydroxyl groups excluding tert-OH is 2. The molecule has 0 saturated carbocycles. The van der Waals surface area contributed by atoms with Gasteiger partial charge in [0.2, 0.25) is 12.0 Å². The molecule has 1 saturated heterocycles. The fourth-order valence-corrected chi connectivity index (χ4v) is 4.21. The van der Waals surface area contributed by atoms with Crippen LogP contribution >= 0.6 is 0 Å². The minimum absolute atomic E-state index is 0.0292. The molecular formula is C27H25O17+. The predicted molar refractivity (Wildman–Crippen MR) is 139 cm³/mol. The van der Waals surface area contributed by atoms with Crippen molar-refractivity contribution >= 4 is 34.8 Å². The third-order valence-electron chi connectivity index (χ3n) is 6.21. The molecule has 3 unspecified atom stereocenters. The highest BCUT2D eigenvalue weighted by molar-refractivity contribution is 5.91. The molecule has 0 bridgehead atoms. The van der Waals surface area contributed by atoms with Crippen molar-refractivity contribution in [2.45, 2.75) is 43.5 Å². The Morgan fingerprint density at radius 2 is 1.50 bits per heavy atom. The number of ether oxygens (including phenoxy) is 4. The van der Waals surface area contributed by atoms with Crippen LogP contribution in [0.4, 0.5) is 0 Å². The van der Waals surface area contributed by atoms with E-state index in [2.05, 4.69) is 0 Å². The second kappa shape index (κ2) is 12.9. The summed E-state index contributed by atoms with van der Waals surface area (Å²) in [4.78, 5) is 45.7. The molecule has 2 heterocycles. The van der Waals surface area contributed by atoms with E-state index in [1.54, 1.807) is 0 Å². The van der Waals surface area contributed by atoms with Crippen LogP contribution in [0.1, 0.15) is 12.8 Å². The number of esters is 2. The highest BCUT2D eigenvalue weighted by Crippen LogP contribution is 2.42. The molecule has 0 spiro atoms. The Balaban J connectivity index is 1.74. The molecule has 44 heavy (non-hydrogen) atoms. The number of rotatable bonds is 10. The highest BCUT2D eigenvalue weighted by Gasteiger charge is 2.49. The Hall–Kier alpha value is -5.39. The molecule has 1 aliphatic rings. The number of phenols is 4. The summed E-state index contributed by atoms with van der Waals surface area (Å²) in [5, 5.41) is 79.5. The van der Waals surface area contributed by atoms with Gasteiger partial charge in [-0.15, -0.1) is 0 Å². The summed E-state index contributed by atoms with van der Waals surface area (Å²) in [7, 11) is 0. The second-order valence-corrected chi connectivity index (χ2v) is 9.44. The first-order valence-corrected chi connectivity index (χ1v) is 12.6. The van der Waals surface area contributed by atoms with E-state index < -0.39 is 91.3 Å². The first kappa shape index (κ1) is 31.5. The Kier molecular flexibility index (Phi) is 9.22. The van der Waals surface area contributed by atoms with E-state index in [-0.39, 0.29) is 33.8 Å². The number of aliphatic carboxylic acids is 2.